The van der Waals surface area contributed by atoms with Gasteiger partial charge >= 0.3 is 0 Å². The number of carbonyl (C=O) groups is 2. The van der Waals surface area contributed by atoms with Gasteiger partial charge in [-0.15, -0.1) is 0 Å². The van der Waals surface area contributed by atoms with E-state index < -0.39 is 29.5 Å². The molecule has 0 radical (unpaired) electrons. The summed E-state index contributed by atoms with van der Waals surface area (Å²) in [6, 6.07) is 12.6. The minimum Gasteiger partial charge on any atom is -0.381 e. The van der Waals surface area contributed by atoms with Crippen molar-refractivity contribution in [1.29, 1.82) is 0 Å². The van der Waals surface area contributed by atoms with Gasteiger partial charge in [0, 0.05) is 12.0 Å². The fraction of sp³-hybridized carbons (Fsp3) is 0.333. The lowest BCUT2D eigenvalue weighted by molar-refractivity contribution is -0.157. The number of hydrogen-bond donors (Lipinski definition) is 2. The van der Waals surface area contributed by atoms with Gasteiger partial charge < -0.3 is 10.4 Å². The lowest BCUT2D eigenvalue weighted by atomic mass is 9.81. The number of hydrogen-bond acceptors (Lipinski definition) is 6. The van der Waals surface area contributed by atoms with Crippen molar-refractivity contribution < 1.29 is 14.7 Å². The molecule has 0 spiro atoms. The molecule has 33 heavy (non-hydrogen) atoms. The molecule has 0 saturated carbocycles. The molecule has 1 aromatic heterocycles. The highest BCUT2D eigenvalue weighted by molar-refractivity contribution is 6.03. The largest absolute Gasteiger partial charge is 0.381 e. The summed E-state index contributed by atoms with van der Waals surface area (Å²) >= 11 is 0. The van der Waals surface area contributed by atoms with Crippen molar-refractivity contribution >= 4 is 28.4 Å². The Kier molecular flexibility index (Phi) is 3.26. The number of benzene rings is 2. The van der Waals surface area contributed by atoms with Crippen LogP contribution in [0, 0.1) is 0 Å². The van der Waals surface area contributed by atoms with Gasteiger partial charge in [0.2, 0.25) is 11.8 Å². The van der Waals surface area contributed by atoms with E-state index in [0.29, 0.717) is 28.0 Å². The first-order valence-corrected chi connectivity index (χ1v) is 11.0. The van der Waals surface area contributed by atoms with Crippen molar-refractivity contribution in [2.45, 2.75) is 49.8 Å². The number of fused-ring (bicyclic) bond motifs is 4. The van der Waals surface area contributed by atoms with Gasteiger partial charge in [0.15, 0.2) is 11.5 Å². The van der Waals surface area contributed by atoms with Crippen LogP contribution in [0.25, 0.3) is 10.9 Å². The number of aromatic nitrogens is 2. The van der Waals surface area contributed by atoms with E-state index in [-0.39, 0.29) is 23.8 Å². The molecular weight excluding hydrogens is 422 g/mol. The fourth-order valence-corrected chi connectivity index (χ4v) is 6.44. The molecule has 2 bridgehead atoms. The molecule has 5 aliphatic heterocycles. The lowest BCUT2D eigenvalue weighted by Gasteiger charge is -2.53. The quantitative estimate of drug-likeness (QED) is 0.535. The molecule has 166 valence electrons. The Morgan fingerprint density at radius 1 is 1.09 bits per heavy atom. The third kappa shape index (κ3) is 1.97. The van der Waals surface area contributed by atoms with Crippen LogP contribution in [0.1, 0.15) is 37.7 Å². The first-order chi connectivity index (χ1) is 15.8. The highest BCUT2D eigenvalue weighted by Gasteiger charge is 2.69. The van der Waals surface area contributed by atoms with E-state index >= 15 is 0 Å². The van der Waals surface area contributed by atoms with Crippen molar-refractivity contribution in [3.8, 4) is 0 Å². The third-order valence-corrected chi connectivity index (χ3v) is 7.82. The van der Waals surface area contributed by atoms with E-state index in [0.717, 1.165) is 0 Å². The van der Waals surface area contributed by atoms with E-state index in [1.54, 1.807) is 43.0 Å². The van der Waals surface area contributed by atoms with Crippen molar-refractivity contribution in [1.82, 2.24) is 19.8 Å². The van der Waals surface area contributed by atoms with Gasteiger partial charge in [-0.3, -0.25) is 23.9 Å². The van der Waals surface area contributed by atoms with Crippen LogP contribution in [-0.4, -0.2) is 43.6 Å². The zero-order valence-electron chi connectivity index (χ0n) is 18.0. The summed E-state index contributed by atoms with van der Waals surface area (Å²) < 4.78 is 1.43. The Bertz CT molecular complexity index is 1480. The summed E-state index contributed by atoms with van der Waals surface area (Å²) in [5, 5.41) is 15.7. The summed E-state index contributed by atoms with van der Waals surface area (Å²) in [5.74, 6) is -0.173. The highest BCUT2D eigenvalue weighted by Crippen LogP contribution is 2.56. The van der Waals surface area contributed by atoms with E-state index in [1.807, 2.05) is 29.2 Å². The van der Waals surface area contributed by atoms with Crippen molar-refractivity contribution in [3.05, 3.63) is 70.3 Å². The Hall–Kier alpha value is -3.56. The second kappa shape index (κ2) is 5.67. The summed E-state index contributed by atoms with van der Waals surface area (Å²) in [7, 11) is 0. The number of nitrogens with one attached hydrogen (secondary N) is 1. The second-order valence-electron chi connectivity index (χ2n) is 9.52. The molecule has 6 heterocycles. The molecule has 2 saturated heterocycles. The monoisotopic (exact) mass is 443 g/mol. The van der Waals surface area contributed by atoms with Gasteiger partial charge in [0.25, 0.3) is 5.56 Å². The number of rotatable bonds is 0. The molecular formula is C24H21N5O4. The smallest absolute Gasteiger partial charge is 0.262 e. The topological polar surface area (TPSA) is 108 Å². The minimum atomic E-state index is -1.54. The molecule has 0 aliphatic carbocycles. The standard InChI is InChI=1S/C24H21N5O4/c1-12-19(31)28-16-10-6-4-8-14(16)24(33)11-17-18(30)26-23(2,29(12)22(24)28)21-25-15-9-5-3-7-13(15)20(32)27(17)21/h3-10,12,17,22,33H,11H2,1-2H3,(H,26,30)/t12-,17+,22+,23?,24-/m0/s1. The summed E-state index contributed by atoms with van der Waals surface area (Å²) in [6.07, 6.45) is -0.793. The van der Waals surface area contributed by atoms with Gasteiger partial charge in [-0.2, -0.15) is 0 Å². The van der Waals surface area contributed by atoms with Crippen LogP contribution < -0.4 is 15.8 Å². The van der Waals surface area contributed by atoms with Crippen LogP contribution in [0.5, 0.6) is 0 Å². The Morgan fingerprint density at radius 2 is 1.82 bits per heavy atom. The second-order valence-corrected chi connectivity index (χ2v) is 9.52. The molecule has 2 N–H and O–H groups in total. The number of carbonyl (C=O) groups excluding carboxylic acids is 2. The molecule has 8 rings (SSSR count). The Balaban J connectivity index is 1.61. The van der Waals surface area contributed by atoms with Crippen molar-refractivity contribution in [3.63, 3.8) is 0 Å². The minimum absolute atomic E-state index is 0.0590. The zero-order valence-corrected chi connectivity index (χ0v) is 18.0. The average molecular weight is 443 g/mol. The Labute approximate surface area is 188 Å². The number of para-hydroxylation sites is 2. The Morgan fingerprint density at radius 3 is 2.64 bits per heavy atom. The van der Waals surface area contributed by atoms with Gasteiger partial charge in [-0.05, 0) is 32.0 Å². The molecule has 9 heteroatoms. The summed E-state index contributed by atoms with van der Waals surface area (Å²) in [5.41, 5.74) is -1.41. The first-order valence-electron chi connectivity index (χ1n) is 11.0. The van der Waals surface area contributed by atoms with Gasteiger partial charge in [0.1, 0.15) is 17.8 Å². The van der Waals surface area contributed by atoms with Crippen LogP contribution in [-0.2, 0) is 20.9 Å². The number of aliphatic hydroxyl groups is 1. The maximum absolute atomic E-state index is 13.7. The predicted octanol–water partition coefficient (Wildman–Crippen LogP) is 0.908. The van der Waals surface area contributed by atoms with Gasteiger partial charge in [0.05, 0.1) is 22.6 Å². The molecule has 2 aromatic carbocycles. The number of anilines is 1. The molecule has 5 aliphatic rings. The van der Waals surface area contributed by atoms with E-state index in [4.69, 9.17) is 4.98 Å². The number of nitrogens with zero attached hydrogens (tertiary/aromatic N) is 4. The maximum Gasteiger partial charge on any atom is 0.262 e. The molecule has 2 fully saturated rings. The molecule has 9 nitrogen and oxygen atoms in total. The van der Waals surface area contributed by atoms with E-state index in [9.17, 15) is 19.5 Å². The molecule has 1 unspecified atom stereocenters. The van der Waals surface area contributed by atoms with Gasteiger partial charge in [-0.25, -0.2) is 9.88 Å². The summed E-state index contributed by atoms with van der Waals surface area (Å²) in [6.45, 7) is 3.52. The van der Waals surface area contributed by atoms with Crippen LogP contribution in [0.3, 0.4) is 0 Å². The maximum atomic E-state index is 13.7. The number of amides is 2. The van der Waals surface area contributed by atoms with E-state index in [1.165, 1.54) is 4.57 Å². The van der Waals surface area contributed by atoms with E-state index in [2.05, 4.69) is 5.32 Å². The van der Waals surface area contributed by atoms with Crippen LogP contribution >= 0.6 is 0 Å². The first kappa shape index (κ1) is 19.0. The molecule has 5 atom stereocenters. The van der Waals surface area contributed by atoms with Crippen molar-refractivity contribution in [2.75, 3.05) is 4.90 Å². The summed E-state index contributed by atoms with van der Waals surface area (Å²) in [4.78, 5) is 48.9. The lowest BCUT2D eigenvalue weighted by Crippen LogP contribution is -2.71. The van der Waals surface area contributed by atoms with Crippen LogP contribution in [0.15, 0.2) is 53.3 Å². The van der Waals surface area contributed by atoms with Crippen molar-refractivity contribution in [2.24, 2.45) is 0 Å². The molecule has 3 aromatic rings. The normalized spacial score (nSPS) is 34.0. The zero-order chi connectivity index (χ0) is 22.9. The predicted molar refractivity (Wildman–Crippen MR) is 118 cm³/mol. The third-order valence-electron chi connectivity index (χ3n) is 7.82. The van der Waals surface area contributed by atoms with Crippen LogP contribution in [0.2, 0.25) is 0 Å². The average Bonchev–Trinajstić information content (AvgIpc) is 3.21. The van der Waals surface area contributed by atoms with Crippen LogP contribution in [0.4, 0.5) is 5.69 Å². The SMILES string of the molecule is C[C@H]1C(=O)N2c3ccccc3[C@@]3(O)C[C@@H]4C(=O)NC(C)(c5nc6ccccc6c(=O)n54)N1[C@@H]23. The van der Waals surface area contributed by atoms with Gasteiger partial charge in [-0.1, -0.05) is 30.3 Å². The molecule has 2 amide bonds. The highest BCUT2D eigenvalue weighted by atomic mass is 16.3. The fourth-order valence-electron chi connectivity index (χ4n) is 6.44.